The zero-order valence-corrected chi connectivity index (χ0v) is 19.9. The molecule has 7 nitrogen and oxygen atoms in total. The van der Waals surface area contributed by atoms with Gasteiger partial charge in [0.1, 0.15) is 4.90 Å². The molecular formula is C23H28ClN3O4S. The second kappa shape index (κ2) is 10.5. The van der Waals surface area contributed by atoms with Crippen molar-refractivity contribution in [2.45, 2.75) is 37.1 Å². The molecule has 0 bridgehead atoms. The zero-order valence-electron chi connectivity index (χ0n) is 18.3. The standard InChI is InChI=1S/C23H28ClN3O4S/c1-26(2)23(29)18-9-7-17(8-10-18)16-25-22(28)19-11-12-20(24)21(15-19)32(30,31)27-13-5-3-4-6-14-27/h7-12,15H,3-6,13-14,16H2,1-2H3,(H,25,28). The Hall–Kier alpha value is -2.42. The molecule has 0 spiro atoms. The lowest BCUT2D eigenvalue weighted by atomic mass is 10.1. The molecule has 2 aromatic carbocycles. The van der Waals surface area contributed by atoms with Crippen molar-refractivity contribution in [3.05, 3.63) is 64.2 Å². The molecule has 1 aliphatic rings. The Morgan fingerprint density at radius 2 is 1.56 bits per heavy atom. The minimum atomic E-state index is -3.77. The summed E-state index contributed by atoms with van der Waals surface area (Å²) in [5.41, 5.74) is 1.60. The van der Waals surface area contributed by atoms with Crippen LogP contribution in [0.4, 0.5) is 0 Å². The molecule has 2 amide bonds. The Morgan fingerprint density at radius 3 is 2.16 bits per heavy atom. The molecule has 0 saturated carbocycles. The summed E-state index contributed by atoms with van der Waals surface area (Å²) in [5, 5.41) is 2.89. The average Bonchev–Trinajstić information content (AvgIpc) is 3.07. The second-order valence-corrected chi connectivity index (χ2v) is 10.4. The van der Waals surface area contributed by atoms with Crippen molar-refractivity contribution in [1.29, 1.82) is 0 Å². The number of carbonyl (C=O) groups is 2. The summed E-state index contributed by atoms with van der Waals surface area (Å²) >= 11 is 6.21. The van der Waals surface area contributed by atoms with E-state index in [-0.39, 0.29) is 27.9 Å². The Kier molecular flexibility index (Phi) is 7.92. The van der Waals surface area contributed by atoms with Crippen molar-refractivity contribution >= 4 is 33.4 Å². The van der Waals surface area contributed by atoms with Crippen LogP contribution in [0.3, 0.4) is 0 Å². The van der Waals surface area contributed by atoms with Gasteiger partial charge in [-0.05, 0) is 48.7 Å². The van der Waals surface area contributed by atoms with Gasteiger partial charge in [0.2, 0.25) is 10.0 Å². The van der Waals surface area contributed by atoms with Crippen molar-refractivity contribution in [3.63, 3.8) is 0 Å². The van der Waals surface area contributed by atoms with Crippen LogP contribution >= 0.6 is 11.6 Å². The molecule has 1 saturated heterocycles. The van der Waals surface area contributed by atoms with E-state index in [4.69, 9.17) is 11.6 Å². The van der Waals surface area contributed by atoms with Crippen LogP contribution in [0.2, 0.25) is 5.02 Å². The smallest absolute Gasteiger partial charge is 0.253 e. The maximum Gasteiger partial charge on any atom is 0.253 e. The number of benzene rings is 2. The number of halogens is 1. The van der Waals surface area contributed by atoms with Crippen LogP contribution in [0.15, 0.2) is 47.4 Å². The number of nitrogens with zero attached hydrogens (tertiary/aromatic N) is 2. The van der Waals surface area contributed by atoms with E-state index in [0.29, 0.717) is 18.7 Å². The van der Waals surface area contributed by atoms with Crippen LogP contribution < -0.4 is 5.32 Å². The predicted molar refractivity (Wildman–Crippen MR) is 124 cm³/mol. The van der Waals surface area contributed by atoms with Crippen molar-refractivity contribution in [1.82, 2.24) is 14.5 Å². The minimum Gasteiger partial charge on any atom is -0.348 e. The van der Waals surface area contributed by atoms with Gasteiger partial charge in [-0.15, -0.1) is 0 Å². The number of nitrogens with one attached hydrogen (secondary N) is 1. The molecule has 1 heterocycles. The molecule has 32 heavy (non-hydrogen) atoms. The monoisotopic (exact) mass is 477 g/mol. The molecule has 1 aliphatic heterocycles. The maximum atomic E-state index is 13.1. The van der Waals surface area contributed by atoms with Gasteiger partial charge in [-0.1, -0.05) is 36.6 Å². The van der Waals surface area contributed by atoms with Crippen LogP contribution in [0.5, 0.6) is 0 Å². The molecule has 9 heteroatoms. The van der Waals surface area contributed by atoms with Crippen molar-refractivity contribution in [2.24, 2.45) is 0 Å². The lowest BCUT2D eigenvalue weighted by Gasteiger charge is -2.21. The topological polar surface area (TPSA) is 86.8 Å². The van der Waals surface area contributed by atoms with E-state index in [1.165, 1.54) is 27.4 Å². The SMILES string of the molecule is CN(C)C(=O)c1ccc(CNC(=O)c2ccc(Cl)c(S(=O)(=O)N3CCCCCC3)c2)cc1. The quantitative estimate of drug-likeness (QED) is 0.689. The minimum absolute atomic E-state index is 0.0414. The van der Waals surface area contributed by atoms with Gasteiger partial charge in [0.25, 0.3) is 11.8 Å². The molecule has 0 aliphatic carbocycles. The highest BCUT2D eigenvalue weighted by Crippen LogP contribution is 2.27. The molecule has 0 radical (unpaired) electrons. The van der Waals surface area contributed by atoms with Crippen molar-refractivity contribution < 1.29 is 18.0 Å². The molecule has 2 aromatic rings. The zero-order chi connectivity index (χ0) is 23.3. The van der Waals surface area contributed by atoms with E-state index in [0.717, 1.165) is 31.2 Å². The third-order valence-electron chi connectivity index (χ3n) is 5.44. The van der Waals surface area contributed by atoms with Gasteiger partial charge in [0.05, 0.1) is 5.02 Å². The second-order valence-electron chi connectivity index (χ2n) is 8.04. The highest BCUT2D eigenvalue weighted by atomic mass is 35.5. The van der Waals surface area contributed by atoms with Gasteiger partial charge in [0.15, 0.2) is 0 Å². The average molecular weight is 478 g/mol. The van der Waals surface area contributed by atoms with Crippen LogP contribution in [0.25, 0.3) is 0 Å². The highest BCUT2D eigenvalue weighted by molar-refractivity contribution is 7.89. The molecule has 0 atom stereocenters. The molecule has 0 aromatic heterocycles. The number of carbonyl (C=O) groups excluding carboxylic acids is 2. The van der Waals surface area contributed by atoms with Crippen LogP contribution in [-0.2, 0) is 16.6 Å². The van der Waals surface area contributed by atoms with E-state index in [1.54, 1.807) is 38.4 Å². The Morgan fingerprint density at radius 1 is 0.969 bits per heavy atom. The summed E-state index contributed by atoms with van der Waals surface area (Å²) in [5.74, 6) is -0.498. The Balaban J connectivity index is 1.72. The highest BCUT2D eigenvalue weighted by Gasteiger charge is 2.28. The van der Waals surface area contributed by atoms with Crippen LogP contribution in [0.1, 0.15) is 52.0 Å². The normalized spacial score (nSPS) is 15.1. The first-order valence-corrected chi connectivity index (χ1v) is 12.4. The lowest BCUT2D eigenvalue weighted by Crippen LogP contribution is -2.32. The van der Waals surface area contributed by atoms with Gasteiger partial charge in [-0.3, -0.25) is 9.59 Å². The van der Waals surface area contributed by atoms with Gasteiger partial charge in [-0.2, -0.15) is 4.31 Å². The summed E-state index contributed by atoms with van der Waals surface area (Å²) in [6.07, 6.45) is 3.64. The van der Waals surface area contributed by atoms with Crippen LogP contribution in [0, 0.1) is 0 Å². The first kappa shape index (κ1) is 24.2. The number of hydrogen-bond acceptors (Lipinski definition) is 4. The predicted octanol–water partition coefficient (Wildman–Crippen LogP) is 3.54. The summed E-state index contributed by atoms with van der Waals surface area (Å²) in [6, 6.07) is 11.3. The van der Waals surface area contributed by atoms with Gasteiger partial charge in [0, 0.05) is 44.9 Å². The number of sulfonamides is 1. The molecule has 172 valence electrons. The van der Waals surface area contributed by atoms with E-state index < -0.39 is 15.9 Å². The third-order valence-corrected chi connectivity index (χ3v) is 7.82. The first-order chi connectivity index (χ1) is 15.2. The Labute approximate surface area is 194 Å². The summed E-state index contributed by atoms with van der Waals surface area (Å²) in [6.45, 7) is 1.16. The summed E-state index contributed by atoms with van der Waals surface area (Å²) in [7, 11) is -0.405. The summed E-state index contributed by atoms with van der Waals surface area (Å²) < 4.78 is 27.7. The van der Waals surface area contributed by atoms with Gasteiger partial charge >= 0.3 is 0 Å². The van der Waals surface area contributed by atoms with E-state index >= 15 is 0 Å². The fourth-order valence-corrected chi connectivity index (χ4v) is 5.59. The van der Waals surface area contributed by atoms with Crippen molar-refractivity contribution in [2.75, 3.05) is 27.2 Å². The third kappa shape index (κ3) is 5.68. The van der Waals surface area contributed by atoms with E-state index in [2.05, 4.69) is 5.32 Å². The number of rotatable bonds is 6. The molecule has 0 unspecified atom stereocenters. The largest absolute Gasteiger partial charge is 0.348 e. The fourth-order valence-electron chi connectivity index (χ4n) is 3.57. The Bertz CT molecular complexity index is 1080. The molecule has 1 N–H and O–H groups in total. The number of amides is 2. The fraction of sp³-hybridized carbons (Fsp3) is 0.391. The van der Waals surface area contributed by atoms with E-state index in [1.807, 2.05) is 0 Å². The molecular weight excluding hydrogens is 450 g/mol. The lowest BCUT2D eigenvalue weighted by molar-refractivity contribution is 0.0827. The summed E-state index contributed by atoms with van der Waals surface area (Å²) in [4.78, 5) is 26.1. The maximum absolute atomic E-state index is 13.1. The van der Waals surface area contributed by atoms with Crippen molar-refractivity contribution in [3.8, 4) is 0 Å². The van der Waals surface area contributed by atoms with E-state index in [9.17, 15) is 18.0 Å². The molecule has 3 rings (SSSR count). The van der Waals surface area contributed by atoms with Gasteiger partial charge < -0.3 is 10.2 Å². The molecule has 1 fully saturated rings. The number of hydrogen-bond donors (Lipinski definition) is 1. The van der Waals surface area contributed by atoms with Crippen LogP contribution in [-0.4, -0.2) is 56.6 Å². The van der Waals surface area contributed by atoms with Gasteiger partial charge in [-0.25, -0.2) is 8.42 Å². The first-order valence-electron chi connectivity index (χ1n) is 10.6.